The van der Waals surface area contributed by atoms with Gasteiger partial charge in [0.15, 0.2) is 0 Å². The van der Waals surface area contributed by atoms with Crippen LogP contribution < -0.4 is 0 Å². The van der Waals surface area contributed by atoms with Gasteiger partial charge in [0, 0.05) is 5.41 Å². The lowest BCUT2D eigenvalue weighted by Crippen LogP contribution is -2.41. The zero-order valence-corrected chi connectivity index (χ0v) is 20.6. The Morgan fingerprint density at radius 1 is 0.742 bits per heavy atom. The summed E-state index contributed by atoms with van der Waals surface area (Å²) in [6.45, 7) is 7.01. The van der Waals surface area contributed by atoms with Crippen molar-refractivity contribution in [3.8, 4) is 0 Å². The topological polar surface area (TPSA) is 127 Å². The molecule has 0 saturated heterocycles. The normalized spacial score (nSPS) is 15.4. The van der Waals surface area contributed by atoms with Crippen molar-refractivity contribution in [2.24, 2.45) is 5.41 Å². The second-order valence-corrected chi connectivity index (χ2v) is 10.4. The summed E-state index contributed by atoms with van der Waals surface area (Å²) in [5.74, 6) is -3.76. The van der Waals surface area contributed by atoms with Crippen molar-refractivity contribution in [3.63, 3.8) is 0 Å². The van der Waals surface area contributed by atoms with Gasteiger partial charge in [0.1, 0.15) is 9.49 Å². The van der Waals surface area contributed by atoms with E-state index in [4.69, 9.17) is 19.7 Å². The quantitative estimate of drug-likeness (QED) is 0.194. The monoisotopic (exact) mass is 480 g/mol. The Bertz CT molecular complexity index is 585. The van der Waals surface area contributed by atoms with Gasteiger partial charge in [0.2, 0.25) is 0 Å². The first-order valence-electron chi connectivity index (χ1n) is 10.4. The van der Waals surface area contributed by atoms with Crippen LogP contribution in [-0.4, -0.2) is 56.8 Å². The van der Waals surface area contributed by atoms with Crippen LogP contribution in [0.25, 0.3) is 0 Å². The van der Waals surface area contributed by atoms with E-state index < -0.39 is 51.6 Å². The second-order valence-electron chi connectivity index (χ2n) is 8.73. The van der Waals surface area contributed by atoms with Gasteiger partial charge in [0.05, 0.1) is 26.1 Å². The number of carboxylic acids is 2. The summed E-state index contributed by atoms with van der Waals surface area (Å²) in [4.78, 5) is 47.4. The molecule has 0 aliphatic rings. The van der Waals surface area contributed by atoms with Crippen molar-refractivity contribution in [1.29, 1.82) is 0 Å². The number of carboxylic acid groups (broad SMARTS) is 2. The molecule has 0 amide bonds. The van der Waals surface area contributed by atoms with E-state index in [0.717, 1.165) is 12.8 Å². The van der Waals surface area contributed by atoms with E-state index in [0.29, 0.717) is 12.8 Å². The van der Waals surface area contributed by atoms with Crippen LogP contribution in [-0.2, 0) is 28.7 Å². The van der Waals surface area contributed by atoms with Crippen molar-refractivity contribution < 1.29 is 38.9 Å². The van der Waals surface area contributed by atoms with Crippen LogP contribution in [0.4, 0.5) is 0 Å². The molecule has 0 bridgehead atoms. The molecular formula is C21H36O8S2. The van der Waals surface area contributed by atoms with E-state index in [2.05, 4.69) is 25.3 Å². The van der Waals surface area contributed by atoms with E-state index >= 15 is 0 Å². The number of aliphatic carboxylic acids is 2. The number of hydrogen-bond acceptors (Lipinski definition) is 8. The fraction of sp³-hybridized carbons (Fsp3) is 0.810. The average molecular weight is 481 g/mol. The zero-order chi connectivity index (χ0) is 24.3. The van der Waals surface area contributed by atoms with Gasteiger partial charge >= 0.3 is 23.9 Å². The van der Waals surface area contributed by atoms with Crippen LogP contribution >= 0.6 is 25.3 Å². The molecule has 0 aliphatic heterocycles. The van der Waals surface area contributed by atoms with E-state index in [-0.39, 0.29) is 26.1 Å². The third-order valence-electron chi connectivity index (χ3n) is 4.72. The maximum absolute atomic E-state index is 12.5. The molecule has 0 saturated carbocycles. The van der Waals surface area contributed by atoms with Crippen LogP contribution in [0.2, 0.25) is 0 Å². The van der Waals surface area contributed by atoms with Crippen LogP contribution in [0.1, 0.15) is 79.1 Å². The highest BCUT2D eigenvalue weighted by Crippen LogP contribution is 2.31. The van der Waals surface area contributed by atoms with Crippen LogP contribution in [0.15, 0.2) is 0 Å². The van der Waals surface area contributed by atoms with Crippen LogP contribution in [0.3, 0.4) is 0 Å². The number of ether oxygens (including phenoxy) is 2. The molecule has 0 spiro atoms. The number of carbonyl (C=O) groups is 4. The SMILES string of the molecule is CCCCC(S)(CC(=O)O)C(=O)OCC(C)(C)COC(=O)C(S)(CCCC)CC(=O)O. The molecule has 2 N–H and O–H groups in total. The van der Waals surface area contributed by atoms with Gasteiger partial charge in [-0.25, -0.2) is 0 Å². The molecule has 0 aromatic rings. The summed E-state index contributed by atoms with van der Waals surface area (Å²) in [6, 6.07) is 0. The minimum absolute atomic E-state index is 0.124. The third-order valence-corrected chi connectivity index (χ3v) is 5.85. The molecule has 8 nitrogen and oxygen atoms in total. The number of carbonyl (C=O) groups excluding carboxylic acids is 2. The lowest BCUT2D eigenvalue weighted by atomic mass is 9.94. The zero-order valence-electron chi connectivity index (χ0n) is 18.8. The molecule has 2 atom stereocenters. The standard InChI is InChI=1S/C21H36O8S2/c1-5-7-9-20(30,11-15(22)23)17(26)28-13-19(3,4)14-29-18(27)21(31,10-8-6-2)12-16(24)25/h30-31H,5-14H2,1-4H3,(H,22,23)(H,24,25). The molecule has 0 aromatic carbocycles. The Morgan fingerprint density at radius 3 is 1.32 bits per heavy atom. The van der Waals surface area contributed by atoms with Crippen LogP contribution in [0.5, 0.6) is 0 Å². The maximum atomic E-state index is 12.5. The summed E-state index contributed by atoms with van der Waals surface area (Å²) in [5, 5.41) is 18.2. The molecular weight excluding hydrogens is 444 g/mol. The highest BCUT2D eigenvalue weighted by Gasteiger charge is 2.41. The lowest BCUT2D eigenvalue weighted by Gasteiger charge is -2.30. The Balaban J connectivity index is 5.01. The summed E-state index contributed by atoms with van der Waals surface area (Å²) in [5.41, 5.74) is -0.781. The lowest BCUT2D eigenvalue weighted by molar-refractivity contribution is -0.159. The van der Waals surface area contributed by atoms with Gasteiger partial charge in [-0.1, -0.05) is 53.4 Å². The van der Waals surface area contributed by atoms with Crippen molar-refractivity contribution >= 4 is 49.1 Å². The maximum Gasteiger partial charge on any atom is 0.322 e. The molecule has 31 heavy (non-hydrogen) atoms. The summed E-state index contributed by atoms with van der Waals surface area (Å²) in [6.07, 6.45) is 2.41. The third kappa shape index (κ3) is 11.1. The number of rotatable bonds is 16. The number of esters is 2. The van der Waals surface area contributed by atoms with E-state index in [1.807, 2.05) is 13.8 Å². The summed E-state index contributed by atoms with van der Waals surface area (Å²) in [7, 11) is 0. The fourth-order valence-electron chi connectivity index (χ4n) is 2.80. The number of unbranched alkanes of at least 4 members (excludes halogenated alkanes) is 2. The highest BCUT2D eigenvalue weighted by atomic mass is 32.1. The second kappa shape index (κ2) is 13.2. The predicted molar refractivity (Wildman–Crippen MR) is 123 cm³/mol. The average Bonchev–Trinajstić information content (AvgIpc) is 2.66. The van der Waals surface area contributed by atoms with Gasteiger partial charge in [-0.05, 0) is 12.8 Å². The molecule has 0 rings (SSSR count). The number of hydrogen-bond donors (Lipinski definition) is 4. The first-order valence-corrected chi connectivity index (χ1v) is 11.3. The molecule has 180 valence electrons. The fourth-order valence-corrected chi connectivity index (χ4v) is 3.51. The van der Waals surface area contributed by atoms with Gasteiger partial charge in [-0.3, -0.25) is 19.2 Å². The van der Waals surface area contributed by atoms with Crippen molar-refractivity contribution in [1.82, 2.24) is 0 Å². The minimum atomic E-state index is -1.43. The van der Waals surface area contributed by atoms with Crippen molar-refractivity contribution in [2.45, 2.75) is 88.6 Å². The molecule has 0 radical (unpaired) electrons. The Kier molecular flexibility index (Phi) is 12.6. The van der Waals surface area contributed by atoms with E-state index in [1.165, 1.54) is 0 Å². The Morgan fingerprint density at radius 2 is 1.06 bits per heavy atom. The Hall–Kier alpha value is -1.42. The summed E-state index contributed by atoms with van der Waals surface area (Å²) >= 11 is 8.59. The Labute approximate surface area is 195 Å². The van der Waals surface area contributed by atoms with Gasteiger partial charge < -0.3 is 19.7 Å². The molecule has 0 fully saturated rings. The molecule has 0 aromatic heterocycles. The van der Waals surface area contributed by atoms with Crippen LogP contribution in [0, 0.1) is 5.41 Å². The first-order chi connectivity index (χ1) is 14.2. The molecule has 0 heterocycles. The number of thiol groups is 2. The first kappa shape index (κ1) is 29.6. The molecule has 10 heteroatoms. The van der Waals surface area contributed by atoms with E-state index in [1.54, 1.807) is 13.8 Å². The van der Waals surface area contributed by atoms with E-state index in [9.17, 15) is 19.2 Å². The molecule has 0 aliphatic carbocycles. The highest BCUT2D eigenvalue weighted by molar-refractivity contribution is 7.83. The van der Waals surface area contributed by atoms with Crippen molar-refractivity contribution in [3.05, 3.63) is 0 Å². The largest absolute Gasteiger partial charge is 0.481 e. The van der Waals surface area contributed by atoms with Gasteiger partial charge in [-0.15, -0.1) is 0 Å². The summed E-state index contributed by atoms with van der Waals surface area (Å²) < 4.78 is 7.80. The van der Waals surface area contributed by atoms with Crippen molar-refractivity contribution in [2.75, 3.05) is 13.2 Å². The van der Waals surface area contributed by atoms with Gasteiger partial charge in [-0.2, -0.15) is 25.3 Å². The molecule has 2 unspecified atom stereocenters. The smallest absolute Gasteiger partial charge is 0.322 e. The predicted octanol–water partition coefficient (Wildman–Crippen LogP) is 3.77. The minimum Gasteiger partial charge on any atom is -0.481 e. The van der Waals surface area contributed by atoms with Gasteiger partial charge in [0.25, 0.3) is 0 Å².